The minimum atomic E-state index is 0.782. The van der Waals surface area contributed by atoms with Crippen LogP contribution in [0.2, 0.25) is 0 Å². The normalized spacial score (nSPS) is 32.2. The van der Waals surface area contributed by atoms with Crippen LogP contribution < -0.4 is 0 Å². The summed E-state index contributed by atoms with van der Waals surface area (Å²) in [4.78, 5) is 0. The third kappa shape index (κ3) is 1.96. The molecule has 0 N–H and O–H groups in total. The number of hydrogen-bond donors (Lipinski definition) is 0. The van der Waals surface area contributed by atoms with Crippen molar-refractivity contribution in [2.24, 2.45) is 23.7 Å². The zero-order valence-electron chi connectivity index (χ0n) is 8.13. The van der Waals surface area contributed by atoms with Gasteiger partial charge < -0.3 is 4.74 Å². The lowest BCUT2D eigenvalue weighted by Crippen LogP contribution is -2.22. The molecule has 1 saturated heterocycles. The summed E-state index contributed by atoms with van der Waals surface area (Å²) in [5.74, 6) is 3.17. The molecule has 0 amide bonds. The maximum Gasteiger partial charge on any atom is 0.0500 e. The van der Waals surface area contributed by atoms with Crippen molar-refractivity contribution in [3.63, 3.8) is 0 Å². The molecule has 1 rings (SSSR count). The first-order valence-electron chi connectivity index (χ1n) is 4.70. The van der Waals surface area contributed by atoms with Gasteiger partial charge in [0, 0.05) is 13.2 Å². The average Bonchev–Trinajstić information content (AvgIpc) is 2.32. The molecule has 0 spiro atoms. The summed E-state index contributed by atoms with van der Waals surface area (Å²) in [6.07, 6.45) is 0. The standard InChI is InChI=1S/C10H20O/c1-7(2)9-5-11-6-10(9)8(3)4/h7-10H,5-6H2,1-4H3. The van der Waals surface area contributed by atoms with E-state index in [1.54, 1.807) is 0 Å². The fourth-order valence-electron chi connectivity index (χ4n) is 1.96. The van der Waals surface area contributed by atoms with Crippen LogP contribution in [0.3, 0.4) is 0 Å². The molecule has 2 atom stereocenters. The summed E-state index contributed by atoms with van der Waals surface area (Å²) >= 11 is 0. The molecule has 1 heterocycles. The van der Waals surface area contributed by atoms with Crippen molar-refractivity contribution in [3.8, 4) is 0 Å². The van der Waals surface area contributed by atoms with E-state index in [-0.39, 0.29) is 0 Å². The van der Waals surface area contributed by atoms with Crippen molar-refractivity contribution >= 4 is 0 Å². The molecule has 11 heavy (non-hydrogen) atoms. The fourth-order valence-corrected chi connectivity index (χ4v) is 1.96. The zero-order valence-corrected chi connectivity index (χ0v) is 8.13. The highest BCUT2D eigenvalue weighted by molar-refractivity contribution is 4.79. The molecular formula is C10H20O. The molecule has 0 bridgehead atoms. The van der Waals surface area contributed by atoms with Crippen LogP contribution >= 0.6 is 0 Å². The van der Waals surface area contributed by atoms with E-state index in [1.807, 2.05) is 0 Å². The van der Waals surface area contributed by atoms with E-state index in [9.17, 15) is 0 Å². The molecule has 0 aromatic rings. The number of ether oxygens (including phenoxy) is 1. The Kier molecular flexibility index (Phi) is 2.94. The first-order chi connectivity index (χ1) is 5.13. The second-order valence-corrected chi connectivity index (χ2v) is 4.35. The zero-order chi connectivity index (χ0) is 8.43. The lowest BCUT2D eigenvalue weighted by Gasteiger charge is -2.23. The van der Waals surface area contributed by atoms with E-state index in [4.69, 9.17) is 4.74 Å². The molecule has 1 aliphatic heterocycles. The Morgan fingerprint density at radius 3 is 1.55 bits per heavy atom. The molecule has 66 valence electrons. The van der Waals surface area contributed by atoms with E-state index in [0.717, 1.165) is 36.9 Å². The molecule has 0 aliphatic carbocycles. The largest absolute Gasteiger partial charge is 0.381 e. The maximum atomic E-state index is 5.49. The molecule has 0 aromatic carbocycles. The van der Waals surface area contributed by atoms with Gasteiger partial charge in [-0.3, -0.25) is 0 Å². The van der Waals surface area contributed by atoms with Gasteiger partial charge in [-0.25, -0.2) is 0 Å². The topological polar surface area (TPSA) is 9.23 Å². The first-order valence-corrected chi connectivity index (χ1v) is 4.70. The van der Waals surface area contributed by atoms with Gasteiger partial charge in [-0.2, -0.15) is 0 Å². The van der Waals surface area contributed by atoms with Crippen LogP contribution in [0.1, 0.15) is 27.7 Å². The lowest BCUT2D eigenvalue weighted by atomic mass is 9.80. The summed E-state index contributed by atoms with van der Waals surface area (Å²) in [6, 6.07) is 0. The first kappa shape index (κ1) is 9.05. The molecule has 0 radical (unpaired) electrons. The number of hydrogen-bond acceptors (Lipinski definition) is 1. The highest BCUT2D eigenvalue weighted by atomic mass is 16.5. The Bertz CT molecular complexity index is 104. The van der Waals surface area contributed by atoms with Crippen LogP contribution in [0, 0.1) is 23.7 Å². The van der Waals surface area contributed by atoms with Gasteiger partial charge in [-0.1, -0.05) is 27.7 Å². The number of rotatable bonds is 2. The van der Waals surface area contributed by atoms with Crippen molar-refractivity contribution in [2.75, 3.05) is 13.2 Å². The lowest BCUT2D eigenvalue weighted by molar-refractivity contribution is 0.172. The minimum Gasteiger partial charge on any atom is -0.381 e. The van der Waals surface area contributed by atoms with Crippen LogP contribution in [0.25, 0.3) is 0 Å². The van der Waals surface area contributed by atoms with E-state index < -0.39 is 0 Å². The Morgan fingerprint density at radius 2 is 1.27 bits per heavy atom. The highest BCUT2D eigenvalue weighted by Crippen LogP contribution is 2.32. The Balaban J connectivity index is 2.51. The molecule has 2 unspecified atom stereocenters. The van der Waals surface area contributed by atoms with E-state index in [1.165, 1.54) is 0 Å². The summed E-state index contributed by atoms with van der Waals surface area (Å²) in [7, 11) is 0. The minimum absolute atomic E-state index is 0.782. The van der Waals surface area contributed by atoms with Gasteiger partial charge >= 0.3 is 0 Å². The smallest absolute Gasteiger partial charge is 0.0500 e. The summed E-state index contributed by atoms with van der Waals surface area (Å²) in [5, 5.41) is 0. The van der Waals surface area contributed by atoms with E-state index >= 15 is 0 Å². The van der Waals surface area contributed by atoms with Crippen molar-refractivity contribution in [3.05, 3.63) is 0 Å². The van der Waals surface area contributed by atoms with E-state index in [2.05, 4.69) is 27.7 Å². The molecular weight excluding hydrogens is 136 g/mol. The van der Waals surface area contributed by atoms with Crippen molar-refractivity contribution < 1.29 is 4.74 Å². The second-order valence-electron chi connectivity index (χ2n) is 4.35. The fraction of sp³-hybridized carbons (Fsp3) is 1.00. The molecule has 1 heteroatoms. The van der Waals surface area contributed by atoms with Crippen molar-refractivity contribution in [1.29, 1.82) is 0 Å². The van der Waals surface area contributed by atoms with Gasteiger partial charge in [0.05, 0.1) is 0 Å². The van der Waals surface area contributed by atoms with E-state index in [0.29, 0.717) is 0 Å². The molecule has 1 aliphatic rings. The van der Waals surface area contributed by atoms with Crippen LogP contribution in [-0.2, 0) is 4.74 Å². The monoisotopic (exact) mass is 156 g/mol. The summed E-state index contributed by atoms with van der Waals surface area (Å²) in [5.41, 5.74) is 0. The molecule has 1 fully saturated rings. The van der Waals surface area contributed by atoms with Crippen LogP contribution in [0.15, 0.2) is 0 Å². The maximum absolute atomic E-state index is 5.49. The van der Waals surface area contributed by atoms with Crippen molar-refractivity contribution in [2.45, 2.75) is 27.7 Å². The molecule has 0 saturated carbocycles. The average molecular weight is 156 g/mol. The SMILES string of the molecule is CC(C)C1COCC1C(C)C. The predicted molar refractivity (Wildman–Crippen MR) is 47.5 cm³/mol. The summed E-state index contributed by atoms with van der Waals surface area (Å²) < 4.78 is 5.49. The third-order valence-corrected chi connectivity index (χ3v) is 2.88. The quantitative estimate of drug-likeness (QED) is 0.597. The third-order valence-electron chi connectivity index (χ3n) is 2.88. The predicted octanol–water partition coefficient (Wildman–Crippen LogP) is 2.56. The van der Waals surface area contributed by atoms with Crippen molar-refractivity contribution in [1.82, 2.24) is 0 Å². The second kappa shape index (κ2) is 3.57. The molecule has 1 nitrogen and oxygen atoms in total. The summed E-state index contributed by atoms with van der Waals surface area (Å²) in [6.45, 7) is 11.2. The van der Waals surface area contributed by atoms with Crippen LogP contribution in [0.5, 0.6) is 0 Å². The highest BCUT2D eigenvalue weighted by Gasteiger charge is 2.32. The Labute approximate surface area is 70.1 Å². The Morgan fingerprint density at radius 1 is 0.909 bits per heavy atom. The van der Waals surface area contributed by atoms with Gasteiger partial charge in [-0.15, -0.1) is 0 Å². The van der Waals surface area contributed by atoms with Gasteiger partial charge in [-0.05, 0) is 23.7 Å². The van der Waals surface area contributed by atoms with Gasteiger partial charge in [0.1, 0.15) is 0 Å². The van der Waals surface area contributed by atoms with Crippen LogP contribution in [-0.4, -0.2) is 13.2 Å². The van der Waals surface area contributed by atoms with Gasteiger partial charge in [0.15, 0.2) is 0 Å². The van der Waals surface area contributed by atoms with Gasteiger partial charge in [0.25, 0.3) is 0 Å². The van der Waals surface area contributed by atoms with Crippen LogP contribution in [0.4, 0.5) is 0 Å². The molecule has 0 aromatic heterocycles. The Hall–Kier alpha value is -0.0400. The van der Waals surface area contributed by atoms with Gasteiger partial charge in [0.2, 0.25) is 0 Å².